The van der Waals surface area contributed by atoms with Gasteiger partial charge in [0.25, 0.3) is 5.91 Å². The molecule has 0 bridgehead atoms. The molecule has 4 rings (SSSR count). The quantitative estimate of drug-likeness (QED) is 0.589. The van der Waals surface area contributed by atoms with Crippen LogP contribution in [0.2, 0.25) is 0 Å². The van der Waals surface area contributed by atoms with Gasteiger partial charge in [0.05, 0.1) is 23.9 Å². The second-order valence-electron chi connectivity index (χ2n) is 9.63. The van der Waals surface area contributed by atoms with Crippen molar-refractivity contribution >= 4 is 5.91 Å². The molecule has 1 fully saturated rings. The molecule has 0 saturated carbocycles. The van der Waals surface area contributed by atoms with Crippen molar-refractivity contribution < 1.29 is 23.4 Å². The molecule has 6 nitrogen and oxygen atoms in total. The van der Waals surface area contributed by atoms with E-state index in [1.54, 1.807) is 29.2 Å². The fourth-order valence-corrected chi connectivity index (χ4v) is 4.75. The third-order valence-electron chi connectivity index (χ3n) is 6.31. The van der Waals surface area contributed by atoms with Crippen LogP contribution in [0.1, 0.15) is 74.5 Å². The minimum atomic E-state index is -0.464. The van der Waals surface area contributed by atoms with Crippen LogP contribution in [0.3, 0.4) is 0 Å². The second-order valence-corrected chi connectivity index (χ2v) is 9.63. The lowest BCUT2D eigenvalue weighted by Gasteiger charge is -2.47. The van der Waals surface area contributed by atoms with E-state index >= 15 is 0 Å². The number of hydrogen-bond acceptors (Lipinski definition) is 5. The van der Waals surface area contributed by atoms with Gasteiger partial charge in [0.1, 0.15) is 29.0 Å². The molecule has 0 aromatic heterocycles. The highest BCUT2D eigenvalue weighted by Gasteiger charge is 2.45. The second kappa shape index (κ2) is 9.63. The van der Waals surface area contributed by atoms with E-state index in [2.05, 4.69) is 6.07 Å². The summed E-state index contributed by atoms with van der Waals surface area (Å²) in [4.78, 5) is 15.0. The van der Waals surface area contributed by atoms with Crippen molar-refractivity contribution in [1.29, 1.82) is 5.26 Å². The maximum atomic E-state index is 13.9. The van der Waals surface area contributed by atoms with Crippen LogP contribution >= 0.6 is 0 Å². The normalized spacial score (nSPS) is 19.0. The van der Waals surface area contributed by atoms with E-state index in [1.807, 2.05) is 27.7 Å². The molecule has 180 valence electrons. The summed E-state index contributed by atoms with van der Waals surface area (Å²) in [5.41, 5.74) is 1.09. The highest BCUT2D eigenvalue weighted by atomic mass is 19.1. The summed E-state index contributed by atoms with van der Waals surface area (Å²) < 4.78 is 32.1. The summed E-state index contributed by atoms with van der Waals surface area (Å²) in [6, 6.07) is 11.7. The lowest BCUT2D eigenvalue weighted by molar-refractivity contribution is -0.0873. The predicted molar refractivity (Wildman–Crippen MR) is 125 cm³/mol. The molecular weight excluding hydrogens is 435 g/mol. The number of hydrogen-bond donors (Lipinski definition) is 0. The van der Waals surface area contributed by atoms with Crippen LogP contribution in [0.5, 0.6) is 11.5 Å². The van der Waals surface area contributed by atoms with Crippen LogP contribution in [0, 0.1) is 17.1 Å². The summed E-state index contributed by atoms with van der Waals surface area (Å²) in [5, 5.41) is 9.49. The molecule has 0 radical (unpaired) electrons. The Balaban J connectivity index is 1.49. The molecule has 2 heterocycles. The highest BCUT2D eigenvalue weighted by Crippen LogP contribution is 2.46. The summed E-state index contributed by atoms with van der Waals surface area (Å²) in [6.07, 6.45) is 1.58. The number of carbonyl (C=O) groups is 1. The van der Waals surface area contributed by atoms with E-state index in [9.17, 15) is 14.4 Å². The van der Waals surface area contributed by atoms with E-state index < -0.39 is 5.60 Å². The molecule has 2 aromatic rings. The van der Waals surface area contributed by atoms with Crippen molar-refractivity contribution in [2.24, 2.45) is 0 Å². The third kappa shape index (κ3) is 5.02. The van der Waals surface area contributed by atoms with Gasteiger partial charge in [0.15, 0.2) is 0 Å². The minimum absolute atomic E-state index is 0.00471. The van der Waals surface area contributed by atoms with Gasteiger partial charge >= 0.3 is 0 Å². The van der Waals surface area contributed by atoms with Crippen molar-refractivity contribution in [1.82, 2.24) is 4.90 Å². The number of amides is 1. The van der Waals surface area contributed by atoms with Crippen LogP contribution < -0.4 is 9.47 Å². The first-order chi connectivity index (χ1) is 16.2. The van der Waals surface area contributed by atoms with Crippen molar-refractivity contribution in [2.75, 3.05) is 13.1 Å². The molecular formula is C27H31FN2O4. The van der Waals surface area contributed by atoms with Crippen LogP contribution in [-0.2, 0) is 4.74 Å². The van der Waals surface area contributed by atoms with E-state index in [4.69, 9.17) is 14.2 Å². The van der Waals surface area contributed by atoms with Gasteiger partial charge in [0.2, 0.25) is 0 Å². The number of benzene rings is 2. The zero-order valence-corrected chi connectivity index (χ0v) is 20.1. The van der Waals surface area contributed by atoms with Crippen LogP contribution in [0.15, 0.2) is 36.4 Å². The zero-order chi connectivity index (χ0) is 24.5. The number of carbonyl (C=O) groups excluding carboxylic acids is 1. The van der Waals surface area contributed by atoms with Crippen molar-refractivity contribution in [3.63, 3.8) is 0 Å². The van der Waals surface area contributed by atoms with E-state index in [1.165, 1.54) is 12.1 Å². The van der Waals surface area contributed by atoms with Gasteiger partial charge in [-0.25, -0.2) is 4.39 Å². The lowest BCUT2D eigenvalue weighted by atomic mass is 9.81. The molecule has 7 heteroatoms. The molecule has 2 aliphatic heterocycles. The number of piperidine rings is 1. The van der Waals surface area contributed by atoms with Crippen molar-refractivity contribution in [2.45, 2.75) is 70.9 Å². The average Bonchev–Trinajstić information content (AvgIpc) is 2.79. The average molecular weight is 467 g/mol. The molecule has 2 aliphatic rings. The summed E-state index contributed by atoms with van der Waals surface area (Å²) >= 11 is 0. The monoisotopic (exact) mass is 466 g/mol. The molecule has 0 N–H and O–H groups in total. The summed E-state index contributed by atoms with van der Waals surface area (Å²) in [7, 11) is 0. The molecule has 0 aliphatic carbocycles. The predicted octanol–water partition coefficient (Wildman–Crippen LogP) is 5.41. The Hall–Kier alpha value is -3.11. The summed E-state index contributed by atoms with van der Waals surface area (Å²) in [6.45, 7) is 8.77. The van der Waals surface area contributed by atoms with Crippen LogP contribution in [-0.4, -0.2) is 41.7 Å². The zero-order valence-electron chi connectivity index (χ0n) is 20.1. The number of halogens is 1. The Morgan fingerprint density at radius 2 is 1.88 bits per heavy atom. The first kappa shape index (κ1) is 24.0. The molecule has 1 atom stereocenters. The first-order valence-electron chi connectivity index (χ1n) is 11.8. The number of nitrogens with zero attached hydrogens (tertiary/aromatic N) is 2. The van der Waals surface area contributed by atoms with Crippen molar-refractivity contribution in [3.8, 4) is 17.6 Å². The van der Waals surface area contributed by atoms with Gasteiger partial charge in [-0.1, -0.05) is 0 Å². The number of likely N-dealkylation sites (tertiary alicyclic amines) is 1. The van der Waals surface area contributed by atoms with E-state index in [-0.39, 0.29) is 30.0 Å². The number of rotatable bonds is 5. The third-order valence-corrected chi connectivity index (χ3v) is 6.31. The molecule has 0 unspecified atom stereocenters. The minimum Gasteiger partial charge on any atom is -0.490 e. The largest absolute Gasteiger partial charge is 0.490 e. The number of ether oxygens (including phenoxy) is 3. The molecule has 1 saturated heterocycles. The topological polar surface area (TPSA) is 71.8 Å². The van der Waals surface area contributed by atoms with Gasteiger partial charge in [-0.15, -0.1) is 0 Å². The SMILES string of the molecule is CC(C)Oc1ccc(C(=O)N2CCC3(CC2)C[C@@H](OC(C)C)c2cc(F)ccc2O3)cc1C#N. The Kier molecular flexibility index (Phi) is 6.81. The Morgan fingerprint density at radius 1 is 1.15 bits per heavy atom. The van der Waals surface area contributed by atoms with Gasteiger partial charge in [-0.05, 0) is 64.1 Å². The standard InChI is InChI=1S/C27H31FN2O4/c1-17(2)32-23-7-5-19(13-20(23)16-29)26(31)30-11-9-27(10-12-30)15-25(33-18(3)4)22-14-21(28)6-8-24(22)34-27/h5-8,13-14,17-18,25H,9-12,15H2,1-4H3/t25-/m1/s1. The smallest absolute Gasteiger partial charge is 0.253 e. The number of fused-ring (bicyclic) bond motifs is 1. The Bertz CT molecular complexity index is 1100. The van der Waals surface area contributed by atoms with Gasteiger partial charge in [-0.2, -0.15) is 5.26 Å². The van der Waals surface area contributed by atoms with Crippen LogP contribution in [0.25, 0.3) is 0 Å². The maximum absolute atomic E-state index is 13.9. The molecule has 1 spiro atoms. The molecule has 2 aromatic carbocycles. The van der Waals surface area contributed by atoms with E-state index in [0.29, 0.717) is 55.0 Å². The Morgan fingerprint density at radius 3 is 2.53 bits per heavy atom. The fourth-order valence-electron chi connectivity index (χ4n) is 4.75. The maximum Gasteiger partial charge on any atom is 0.253 e. The molecule has 1 amide bonds. The highest BCUT2D eigenvalue weighted by molar-refractivity contribution is 5.95. The van der Waals surface area contributed by atoms with Gasteiger partial charge in [0, 0.05) is 43.5 Å². The number of nitriles is 1. The van der Waals surface area contributed by atoms with Gasteiger partial charge < -0.3 is 19.1 Å². The van der Waals surface area contributed by atoms with Gasteiger partial charge in [-0.3, -0.25) is 4.79 Å². The lowest BCUT2D eigenvalue weighted by Crippen LogP contribution is -2.52. The van der Waals surface area contributed by atoms with E-state index in [0.717, 1.165) is 5.56 Å². The van der Waals surface area contributed by atoms with Crippen molar-refractivity contribution in [3.05, 3.63) is 58.9 Å². The molecule has 34 heavy (non-hydrogen) atoms. The van der Waals surface area contributed by atoms with Crippen LogP contribution in [0.4, 0.5) is 4.39 Å². The fraction of sp³-hybridized carbons (Fsp3) is 0.481. The Labute approximate surface area is 200 Å². The summed E-state index contributed by atoms with van der Waals surface area (Å²) in [5.74, 6) is 0.708. The first-order valence-corrected chi connectivity index (χ1v) is 11.8.